The molecule has 5 rings (SSSR count). The van der Waals surface area contributed by atoms with Crippen LogP contribution in [-0.2, 0) is 16.0 Å². The highest BCUT2D eigenvalue weighted by atomic mass is 16.5. The minimum atomic E-state index is -0.367. The lowest BCUT2D eigenvalue weighted by Gasteiger charge is -2.32. The molecule has 2 N–H and O–H groups in total. The number of carbonyl (C=O) groups is 2. The molecule has 9 nitrogen and oxygen atoms in total. The summed E-state index contributed by atoms with van der Waals surface area (Å²) in [7, 11) is 0. The van der Waals surface area contributed by atoms with Crippen molar-refractivity contribution < 1.29 is 19.4 Å². The van der Waals surface area contributed by atoms with Gasteiger partial charge in [-0.2, -0.15) is 4.98 Å². The van der Waals surface area contributed by atoms with Gasteiger partial charge in [0.15, 0.2) is 11.4 Å². The van der Waals surface area contributed by atoms with Crippen LogP contribution in [0.2, 0.25) is 0 Å². The highest BCUT2D eigenvalue weighted by Gasteiger charge is 2.32. The van der Waals surface area contributed by atoms with Gasteiger partial charge in [0, 0.05) is 31.3 Å². The number of aromatic hydroxyl groups is 1. The number of H-pyrrole nitrogens is 1. The normalized spacial score (nSPS) is 20.3. The fourth-order valence-corrected chi connectivity index (χ4v) is 5.08. The van der Waals surface area contributed by atoms with Crippen molar-refractivity contribution in [2.45, 2.75) is 38.5 Å². The van der Waals surface area contributed by atoms with Crippen molar-refractivity contribution >= 4 is 28.7 Å². The first-order valence-electron chi connectivity index (χ1n) is 11.6. The van der Waals surface area contributed by atoms with Crippen molar-refractivity contribution in [2.24, 2.45) is 5.92 Å². The molecular weight excluding hydrogens is 436 g/mol. The van der Waals surface area contributed by atoms with Crippen molar-refractivity contribution in [1.29, 1.82) is 0 Å². The molecule has 1 aliphatic heterocycles. The van der Waals surface area contributed by atoms with Gasteiger partial charge in [-0.05, 0) is 49.3 Å². The zero-order chi connectivity index (χ0) is 23.8. The summed E-state index contributed by atoms with van der Waals surface area (Å²) in [5.41, 5.74) is 1.62. The largest absolute Gasteiger partial charge is 0.508 e. The van der Waals surface area contributed by atoms with Crippen LogP contribution >= 0.6 is 0 Å². The maximum atomic E-state index is 13.2. The van der Waals surface area contributed by atoms with Gasteiger partial charge in [0.1, 0.15) is 5.75 Å². The van der Waals surface area contributed by atoms with E-state index in [4.69, 9.17) is 4.74 Å². The number of aromatic nitrogens is 3. The Morgan fingerprint density at radius 1 is 1.26 bits per heavy atom. The molecule has 0 amide bonds. The standard InChI is InChI=1S/C25H26N4O5/c1-2-34-24(33)14-6-5-9-29(13-14)25-27-22-21(23(32)28-25)17-10-15(11-20(31)18(17)12-26-22)16-7-3-4-8-19(16)30/h3-4,7-8,12,14-15,30H,2,5-6,9-11,13H2,1H3,(H,26,27,28,32)/t14-,15+/m1/s1. The van der Waals surface area contributed by atoms with Crippen molar-refractivity contribution in [3.05, 3.63) is 57.5 Å². The lowest BCUT2D eigenvalue weighted by molar-refractivity contribution is -0.148. The number of phenolic OH excluding ortho intramolecular Hbond substituents is 1. The summed E-state index contributed by atoms with van der Waals surface area (Å²) in [5.74, 6) is -0.366. The number of fused-ring (bicyclic) bond motifs is 3. The summed E-state index contributed by atoms with van der Waals surface area (Å²) in [6, 6.07) is 6.96. The van der Waals surface area contributed by atoms with E-state index < -0.39 is 0 Å². The molecule has 1 aromatic carbocycles. The van der Waals surface area contributed by atoms with Gasteiger partial charge < -0.3 is 14.7 Å². The maximum absolute atomic E-state index is 13.2. The monoisotopic (exact) mass is 462 g/mol. The first-order valence-corrected chi connectivity index (χ1v) is 11.6. The molecule has 0 saturated carbocycles. The smallest absolute Gasteiger partial charge is 0.310 e. The number of esters is 1. The number of nitrogens with zero attached hydrogens (tertiary/aromatic N) is 3. The average molecular weight is 463 g/mol. The molecule has 2 atom stereocenters. The van der Waals surface area contributed by atoms with Crippen molar-refractivity contribution in [3.63, 3.8) is 0 Å². The van der Waals surface area contributed by atoms with E-state index in [9.17, 15) is 19.5 Å². The number of nitrogens with one attached hydrogen (secondary N) is 1. The Labute approximate surface area is 195 Å². The number of ketones is 1. The maximum Gasteiger partial charge on any atom is 0.310 e. The lowest BCUT2D eigenvalue weighted by Crippen LogP contribution is -2.41. The number of piperidine rings is 1. The molecule has 9 heteroatoms. The lowest BCUT2D eigenvalue weighted by atomic mass is 9.79. The molecule has 0 unspecified atom stereocenters. The number of anilines is 1. The number of hydrogen-bond donors (Lipinski definition) is 2. The molecular formula is C25H26N4O5. The fraction of sp³-hybridized carbons (Fsp3) is 0.400. The van der Waals surface area contributed by atoms with Gasteiger partial charge in [0.25, 0.3) is 5.56 Å². The summed E-state index contributed by atoms with van der Waals surface area (Å²) in [5, 5.41) is 10.6. The highest BCUT2D eigenvalue weighted by molar-refractivity contribution is 6.02. The van der Waals surface area contributed by atoms with Gasteiger partial charge in [0.05, 0.1) is 17.9 Å². The van der Waals surface area contributed by atoms with Crippen LogP contribution < -0.4 is 10.5 Å². The van der Waals surface area contributed by atoms with Crippen LogP contribution in [0.5, 0.6) is 5.75 Å². The number of para-hydroxylation sites is 1. The summed E-state index contributed by atoms with van der Waals surface area (Å²) in [6.45, 7) is 3.17. The molecule has 3 heterocycles. The third-order valence-corrected chi connectivity index (χ3v) is 6.73. The van der Waals surface area contributed by atoms with E-state index in [0.29, 0.717) is 54.1 Å². The average Bonchev–Trinajstić information content (AvgIpc) is 2.84. The van der Waals surface area contributed by atoms with E-state index in [0.717, 1.165) is 12.8 Å². The Hall–Kier alpha value is -3.75. The van der Waals surface area contributed by atoms with Crippen LogP contribution in [0.3, 0.4) is 0 Å². The number of rotatable bonds is 4. The summed E-state index contributed by atoms with van der Waals surface area (Å²) in [4.78, 5) is 52.0. The topological polar surface area (TPSA) is 125 Å². The molecule has 2 aliphatic rings. The molecule has 1 saturated heterocycles. The second-order valence-electron chi connectivity index (χ2n) is 8.86. The second-order valence-corrected chi connectivity index (χ2v) is 8.86. The molecule has 3 aromatic rings. The van der Waals surface area contributed by atoms with Crippen molar-refractivity contribution in [3.8, 4) is 5.75 Å². The molecule has 34 heavy (non-hydrogen) atoms. The number of ether oxygens (including phenoxy) is 1. The molecule has 1 aliphatic carbocycles. The van der Waals surface area contributed by atoms with E-state index in [1.807, 2.05) is 11.0 Å². The number of hydrogen-bond acceptors (Lipinski definition) is 8. The van der Waals surface area contributed by atoms with Crippen LogP contribution in [0.25, 0.3) is 11.0 Å². The number of pyridine rings is 1. The van der Waals surface area contributed by atoms with Crippen LogP contribution in [0.1, 0.15) is 53.6 Å². The summed E-state index contributed by atoms with van der Waals surface area (Å²) in [6.07, 6.45) is 3.67. The number of phenols is 1. The van der Waals surface area contributed by atoms with Gasteiger partial charge in [-0.25, -0.2) is 4.98 Å². The number of carbonyl (C=O) groups excluding carboxylic acids is 2. The Morgan fingerprint density at radius 3 is 2.88 bits per heavy atom. The number of benzene rings is 1. The molecule has 0 spiro atoms. The Kier molecular flexibility index (Phi) is 5.77. The predicted octanol–water partition coefficient (Wildman–Crippen LogP) is 2.72. The Bertz CT molecular complexity index is 1330. The quantitative estimate of drug-likeness (QED) is 0.567. The van der Waals surface area contributed by atoms with E-state index >= 15 is 0 Å². The molecule has 176 valence electrons. The summed E-state index contributed by atoms with van der Waals surface area (Å²) >= 11 is 0. The van der Waals surface area contributed by atoms with Crippen LogP contribution in [0, 0.1) is 5.92 Å². The molecule has 1 fully saturated rings. The van der Waals surface area contributed by atoms with Gasteiger partial charge >= 0.3 is 5.97 Å². The SMILES string of the molecule is CCOC(=O)[C@@H]1CCCN(c2nc3ncc4c(c3c(=O)[nH]2)C[C@H](c2ccccc2O)CC4=O)C1. The zero-order valence-electron chi connectivity index (χ0n) is 18.9. The van der Waals surface area contributed by atoms with Crippen molar-refractivity contribution in [2.75, 3.05) is 24.6 Å². The van der Waals surface area contributed by atoms with Gasteiger partial charge in [0.2, 0.25) is 5.95 Å². The minimum absolute atomic E-state index is 0.110. The first-order chi connectivity index (χ1) is 16.5. The Balaban J connectivity index is 1.51. The summed E-state index contributed by atoms with van der Waals surface area (Å²) < 4.78 is 5.17. The highest BCUT2D eigenvalue weighted by Crippen LogP contribution is 2.38. The van der Waals surface area contributed by atoms with Gasteiger partial charge in [-0.15, -0.1) is 0 Å². The van der Waals surface area contributed by atoms with Crippen LogP contribution in [0.4, 0.5) is 5.95 Å². The number of Topliss-reactive ketones (excluding diaryl/α,β-unsaturated/α-hetero) is 1. The molecule has 2 aromatic heterocycles. The fourth-order valence-electron chi connectivity index (χ4n) is 5.08. The predicted molar refractivity (Wildman–Crippen MR) is 125 cm³/mol. The minimum Gasteiger partial charge on any atom is -0.508 e. The molecule has 0 radical (unpaired) electrons. The van der Waals surface area contributed by atoms with E-state index in [1.165, 1.54) is 6.20 Å². The van der Waals surface area contributed by atoms with Crippen molar-refractivity contribution in [1.82, 2.24) is 15.0 Å². The van der Waals surface area contributed by atoms with E-state index in [2.05, 4.69) is 15.0 Å². The third kappa shape index (κ3) is 3.91. The second kappa shape index (κ2) is 8.89. The van der Waals surface area contributed by atoms with E-state index in [1.54, 1.807) is 25.1 Å². The first kappa shape index (κ1) is 22.1. The van der Waals surface area contributed by atoms with E-state index in [-0.39, 0.29) is 47.0 Å². The number of aromatic amines is 1. The van der Waals surface area contributed by atoms with Gasteiger partial charge in [-0.1, -0.05) is 18.2 Å². The Morgan fingerprint density at radius 2 is 2.09 bits per heavy atom. The molecule has 0 bridgehead atoms. The third-order valence-electron chi connectivity index (χ3n) is 6.73. The van der Waals surface area contributed by atoms with Crippen LogP contribution in [0.15, 0.2) is 35.3 Å². The zero-order valence-corrected chi connectivity index (χ0v) is 18.9. The van der Waals surface area contributed by atoms with Crippen LogP contribution in [-0.4, -0.2) is 51.5 Å². The van der Waals surface area contributed by atoms with Gasteiger partial charge in [-0.3, -0.25) is 19.4 Å².